The molecule has 0 unspecified atom stereocenters. The average molecular weight is 269 g/mol. The molecule has 1 amide bonds. The summed E-state index contributed by atoms with van der Waals surface area (Å²) in [5, 5.41) is 11.9. The fraction of sp³-hybridized carbons (Fsp3) is 0.857. The first-order chi connectivity index (χ1) is 9.08. The quantitative estimate of drug-likeness (QED) is 0.767. The van der Waals surface area contributed by atoms with Gasteiger partial charge in [-0.15, -0.1) is 0 Å². The third kappa shape index (κ3) is 3.93. The highest BCUT2D eigenvalue weighted by Crippen LogP contribution is 2.33. The lowest BCUT2D eigenvalue weighted by atomic mass is 9.80. The maximum Gasteiger partial charge on any atom is 0.306 e. The molecule has 19 heavy (non-hydrogen) atoms. The summed E-state index contributed by atoms with van der Waals surface area (Å²) < 4.78 is 5.47. The molecule has 5 heteroatoms. The molecule has 0 saturated heterocycles. The number of nitrogens with one attached hydrogen (secondary N) is 1. The van der Waals surface area contributed by atoms with E-state index < -0.39 is 5.97 Å². The van der Waals surface area contributed by atoms with Gasteiger partial charge >= 0.3 is 5.97 Å². The molecule has 0 heterocycles. The van der Waals surface area contributed by atoms with E-state index in [-0.39, 0.29) is 17.9 Å². The number of hydrogen-bond donors (Lipinski definition) is 2. The van der Waals surface area contributed by atoms with E-state index >= 15 is 0 Å². The van der Waals surface area contributed by atoms with Crippen LogP contribution in [0.15, 0.2) is 0 Å². The van der Waals surface area contributed by atoms with E-state index in [1.165, 1.54) is 0 Å². The molecule has 2 atom stereocenters. The van der Waals surface area contributed by atoms with Crippen molar-refractivity contribution in [2.45, 2.75) is 57.6 Å². The minimum atomic E-state index is -0.740. The predicted octanol–water partition coefficient (Wildman–Crippen LogP) is 1.56. The fourth-order valence-corrected chi connectivity index (χ4v) is 3.10. The molecule has 108 valence electrons. The summed E-state index contributed by atoms with van der Waals surface area (Å²) in [6, 6.07) is 0.0522. The van der Waals surface area contributed by atoms with Crippen LogP contribution in [-0.2, 0) is 14.3 Å². The van der Waals surface area contributed by atoms with Crippen LogP contribution in [0.4, 0.5) is 0 Å². The van der Waals surface area contributed by atoms with Crippen LogP contribution in [0.3, 0.4) is 0 Å². The summed E-state index contributed by atoms with van der Waals surface area (Å²) in [4.78, 5) is 22.7. The molecule has 2 rings (SSSR count). The van der Waals surface area contributed by atoms with Crippen molar-refractivity contribution in [3.63, 3.8) is 0 Å². The van der Waals surface area contributed by atoms with Gasteiger partial charge in [0.15, 0.2) is 0 Å². The van der Waals surface area contributed by atoms with Crippen LogP contribution in [0.2, 0.25) is 0 Å². The Morgan fingerprint density at radius 2 is 2.00 bits per heavy atom. The van der Waals surface area contributed by atoms with Crippen LogP contribution in [0, 0.1) is 11.8 Å². The normalized spacial score (nSPS) is 33.7. The Bertz CT molecular complexity index is 338. The lowest BCUT2D eigenvalue weighted by molar-refractivity contribution is -0.141. The molecule has 0 aliphatic heterocycles. The first-order valence-corrected chi connectivity index (χ1v) is 7.22. The van der Waals surface area contributed by atoms with Gasteiger partial charge in [-0.25, -0.2) is 0 Å². The Kier molecular flexibility index (Phi) is 4.80. The Morgan fingerprint density at radius 1 is 1.26 bits per heavy atom. The zero-order chi connectivity index (χ0) is 13.8. The largest absolute Gasteiger partial charge is 0.481 e. The average Bonchev–Trinajstić information content (AvgIpc) is 2.75. The Hall–Kier alpha value is -1.10. The van der Waals surface area contributed by atoms with E-state index in [1.807, 2.05) is 6.92 Å². The summed E-state index contributed by atoms with van der Waals surface area (Å²) in [7, 11) is 0. The first kappa shape index (κ1) is 14.3. The van der Waals surface area contributed by atoms with Gasteiger partial charge in [0, 0.05) is 19.1 Å². The van der Waals surface area contributed by atoms with Crippen LogP contribution in [0.5, 0.6) is 0 Å². The van der Waals surface area contributed by atoms with Crippen LogP contribution in [0.25, 0.3) is 0 Å². The van der Waals surface area contributed by atoms with Crippen molar-refractivity contribution in [2.24, 2.45) is 11.8 Å². The Balaban J connectivity index is 1.62. The summed E-state index contributed by atoms with van der Waals surface area (Å²) in [5.41, 5.74) is 0. The molecule has 0 aromatic heterocycles. The van der Waals surface area contributed by atoms with Gasteiger partial charge in [-0.1, -0.05) is 0 Å². The number of carboxylic acids is 1. The van der Waals surface area contributed by atoms with Gasteiger partial charge in [0.05, 0.1) is 12.0 Å². The van der Waals surface area contributed by atoms with Crippen LogP contribution in [0.1, 0.15) is 45.4 Å². The van der Waals surface area contributed by atoms with Gasteiger partial charge in [0.1, 0.15) is 0 Å². The molecule has 2 aliphatic rings. The monoisotopic (exact) mass is 269 g/mol. The summed E-state index contributed by atoms with van der Waals surface area (Å²) >= 11 is 0. The standard InChI is InChI=1S/C14H23NO4/c1-2-19-12-5-9(6-12)7-13(16)15-11-4-3-10(8-11)14(17)18/h9-12H,2-8H2,1H3,(H,15,16)(H,17,18)/t9?,10-,11+,12?/m1/s1. The highest BCUT2D eigenvalue weighted by molar-refractivity contribution is 5.77. The Labute approximate surface area is 113 Å². The first-order valence-electron chi connectivity index (χ1n) is 7.22. The zero-order valence-electron chi connectivity index (χ0n) is 11.4. The van der Waals surface area contributed by atoms with Crippen LogP contribution >= 0.6 is 0 Å². The van der Waals surface area contributed by atoms with Crippen molar-refractivity contribution in [1.82, 2.24) is 5.32 Å². The van der Waals surface area contributed by atoms with E-state index in [1.54, 1.807) is 0 Å². The van der Waals surface area contributed by atoms with Gasteiger partial charge in [-0.05, 0) is 44.9 Å². The lowest BCUT2D eigenvalue weighted by Gasteiger charge is -2.34. The van der Waals surface area contributed by atoms with Gasteiger partial charge in [-0.2, -0.15) is 0 Å². The molecule has 0 bridgehead atoms. The minimum Gasteiger partial charge on any atom is -0.481 e. The number of carbonyl (C=O) groups is 2. The molecule has 0 aromatic carbocycles. The number of amides is 1. The Morgan fingerprint density at radius 3 is 2.58 bits per heavy atom. The summed E-state index contributed by atoms with van der Waals surface area (Å²) in [6.07, 6.45) is 4.88. The SMILES string of the molecule is CCOC1CC(CC(=O)N[C@H]2CC[C@@H](C(=O)O)C2)C1. The van der Waals surface area contributed by atoms with Crippen LogP contribution < -0.4 is 5.32 Å². The molecule has 0 radical (unpaired) electrons. The van der Waals surface area contributed by atoms with Gasteiger partial charge < -0.3 is 15.2 Å². The topological polar surface area (TPSA) is 75.6 Å². The summed E-state index contributed by atoms with van der Waals surface area (Å²) in [5.74, 6) is -0.518. The minimum absolute atomic E-state index is 0.0522. The highest BCUT2D eigenvalue weighted by Gasteiger charge is 2.33. The molecule has 2 N–H and O–H groups in total. The van der Waals surface area contributed by atoms with Gasteiger partial charge in [0.25, 0.3) is 0 Å². The summed E-state index contributed by atoms with van der Waals surface area (Å²) in [6.45, 7) is 2.72. The number of aliphatic carboxylic acids is 1. The molecular weight excluding hydrogens is 246 g/mol. The number of carbonyl (C=O) groups excluding carboxylic acids is 1. The van der Waals surface area contributed by atoms with Crippen molar-refractivity contribution in [3.05, 3.63) is 0 Å². The predicted molar refractivity (Wildman–Crippen MR) is 69.7 cm³/mol. The van der Waals surface area contributed by atoms with E-state index in [2.05, 4.69) is 5.32 Å². The second-order valence-electron chi connectivity index (χ2n) is 5.73. The maximum atomic E-state index is 11.8. The molecule has 2 saturated carbocycles. The number of carboxylic acid groups (broad SMARTS) is 1. The van der Waals surface area contributed by atoms with Gasteiger partial charge in [0.2, 0.25) is 5.91 Å². The third-order valence-corrected chi connectivity index (χ3v) is 4.22. The lowest BCUT2D eigenvalue weighted by Crippen LogP contribution is -2.38. The number of hydrogen-bond acceptors (Lipinski definition) is 3. The van der Waals surface area contributed by atoms with Crippen molar-refractivity contribution in [2.75, 3.05) is 6.61 Å². The molecule has 0 aromatic rings. The van der Waals surface area contributed by atoms with Crippen molar-refractivity contribution >= 4 is 11.9 Å². The van der Waals surface area contributed by atoms with E-state index in [4.69, 9.17) is 9.84 Å². The van der Waals surface area contributed by atoms with Crippen LogP contribution in [-0.4, -0.2) is 35.7 Å². The zero-order valence-corrected chi connectivity index (χ0v) is 11.4. The number of ether oxygens (including phenoxy) is 1. The number of rotatable bonds is 6. The maximum absolute atomic E-state index is 11.8. The second kappa shape index (κ2) is 6.37. The molecule has 0 spiro atoms. The van der Waals surface area contributed by atoms with E-state index in [0.29, 0.717) is 31.3 Å². The van der Waals surface area contributed by atoms with E-state index in [0.717, 1.165) is 25.9 Å². The smallest absolute Gasteiger partial charge is 0.306 e. The van der Waals surface area contributed by atoms with Gasteiger partial charge in [-0.3, -0.25) is 9.59 Å². The second-order valence-corrected chi connectivity index (χ2v) is 5.73. The highest BCUT2D eigenvalue weighted by atomic mass is 16.5. The third-order valence-electron chi connectivity index (χ3n) is 4.22. The van der Waals surface area contributed by atoms with Crippen molar-refractivity contribution in [1.29, 1.82) is 0 Å². The molecular formula is C14H23NO4. The van der Waals surface area contributed by atoms with E-state index in [9.17, 15) is 9.59 Å². The molecule has 5 nitrogen and oxygen atoms in total. The molecule has 2 fully saturated rings. The fourth-order valence-electron chi connectivity index (χ4n) is 3.10. The molecule has 2 aliphatic carbocycles. The van der Waals surface area contributed by atoms with Crippen molar-refractivity contribution in [3.8, 4) is 0 Å². The van der Waals surface area contributed by atoms with Crippen molar-refractivity contribution < 1.29 is 19.4 Å².